The molecule has 1 atom stereocenters. The molecular weight excluding hydrogens is 271 g/mol. The van der Waals surface area contributed by atoms with E-state index in [1.54, 1.807) is 12.1 Å². The average Bonchev–Trinajstić information content (AvgIpc) is 2.86. The fourth-order valence-electron chi connectivity index (χ4n) is 2.63. The molecule has 0 saturated carbocycles. The Balaban J connectivity index is 1.76. The molecule has 2 aliphatic heterocycles. The third-order valence-corrected chi connectivity index (χ3v) is 3.45. The number of fused-ring (bicyclic) bond motifs is 1. The zero-order chi connectivity index (χ0) is 14.2. The molecule has 1 saturated heterocycles. The zero-order valence-corrected chi connectivity index (χ0v) is 10.7. The van der Waals surface area contributed by atoms with E-state index in [9.17, 15) is 13.2 Å². The topological polar surface area (TPSA) is 36.9 Å². The van der Waals surface area contributed by atoms with Gasteiger partial charge >= 0.3 is 6.36 Å². The monoisotopic (exact) mass is 285 g/mol. The first-order chi connectivity index (χ1) is 9.53. The van der Waals surface area contributed by atoms with Crippen LogP contribution in [0.3, 0.4) is 0 Å². The van der Waals surface area contributed by atoms with Crippen LogP contribution < -0.4 is 10.1 Å². The van der Waals surface area contributed by atoms with Crippen molar-refractivity contribution in [2.24, 2.45) is 4.99 Å². The van der Waals surface area contributed by atoms with Crippen molar-refractivity contribution in [2.45, 2.75) is 18.8 Å². The van der Waals surface area contributed by atoms with Gasteiger partial charge in [-0.25, -0.2) is 0 Å². The summed E-state index contributed by atoms with van der Waals surface area (Å²) in [7, 11) is 0. The van der Waals surface area contributed by atoms with E-state index in [2.05, 4.69) is 19.9 Å². The van der Waals surface area contributed by atoms with E-state index in [1.807, 2.05) is 0 Å². The second-order valence-electron chi connectivity index (χ2n) is 4.75. The standard InChI is InChI=1S/C13H14F3N3O/c14-13(15,16)20-10-3-1-9(2-4-10)11-5-6-17-12-18-7-8-19(11)12/h1-4,11H,5-8H2,(H,17,18). The van der Waals surface area contributed by atoms with E-state index in [0.717, 1.165) is 37.6 Å². The van der Waals surface area contributed by atoms with Gasteiger partial charge in [0.15, 0.2) is 5.96 Å². The molecule has 1 fully saturated rings. The number of aliphatic imine (C=N–C) groups is 1. The zero-order valence-electron chi connectivity index (χ0n) is 10.7. The lowest BCUT2D eigenvalue weighted by Gasteiger charge is -2.32. The van der Waals surface area contributed by atoms with Gasteiger partial charge in [-0.1, -0.05) is 12.1 Å². The largest absolute Gasteiger partial charge is 0.573 e. The van der Waals surface area contributed by atoms with Crippen molar-refractivity contribution < 1.29 is 17.9 Å². The summed E-state index contributed by atoms with van der Waals surface area (Å²) in [6.07, 6.45) is -3.78. The van der Waals surface area contributed by atoms with Crippen LogP contribution in [0.1, 0.15) is 18.0 Å². The number of guanidine groups is 1. The van der Waals surface area contributed by atoms with E-state index in [4.69, 9.17) is 0 Å². The molecule has 7 heteroatoms. The van der Waals surface area contributed by atoms with Crippen LogP contribution in [0, 0.1) is 0 Å². The van der Waals surface area contributed by atoms with E-state index in [0.29, 0.717) is 0 Å². The number of benzene rings is 1. The smallest absolute Gasteiger partial charge is 0.406 e. The predicted molar refractivity (Wildman–Crippen MR) is 67.5 cm³/mol. The van der Waals surface area contributed by atoms with E-state index >= 15 is 0 Å². The maximum atomic E-state index is 12.1. The summed E-state index contributed by atoms with van der Waals surface area (Å²) in [5, 5.41) is 3.20. The summed E-state index contributed by atoms with van der Waals surface area (Å²) in [4.78, 5) is 6.55. The van der Waals surface area contributed by atoms with Gasteiger partial charge in [-0.15, -0.1) is 13.2 Å². The fraction of sp³-hybridized carbons (Fsp3) is 0.462. The van der Waals surface area contributed by atoms with Crippen LogP contribution in [0.25, 0.3) is 0 Å². The van der Waals surface area contributed by atoms with Crippen molar-refractivity contribution in [1.82, 2.24) is 10.2 Å². The highest BCUT2D eigenvalue weighted by molar-refractivity contribution is 5.82. The van der Waals surface area contributed by atoms with Gasteiger partial charge in [0.2, 0.25) is 0 Å². The van der Waals surface area contributed by atoms with E-state index < -0.39 is 6.36 Å². The molecule has 0 radical (unpaired) electrons. The average molecular weight is 285 g/mol. The first-order valence-corrected chi connectivity index (χ1v) is 6.43. The van der Waals surface area contributed by atoms with Gasteiger partial charge in [0.05, 0.1) is 6.04 Å². The summed E-state index contributed by atoms with van der Waals surface area (Å²) in [6, 6.07) is 6.26. The van der Waals surface area contributed by atoms with Crippen LogP contribution in [-0.4, -0.2) is 36.9 Å². The van der Waals surface area contributed by atoms with Crippen molar-refractivity contribution in [3.63, 3.8) is 0 Å². The van der Waals surface area contributed by atoms with Crippen molar-refractivity contribution in [3.05, 3.63) is 29.8 Å². The Morgan fingerprint density at radius 2 is 2.00 bits per heavy atom. The molecule has 1 N–H and O–H groups in total. The van der Waals surface area contributed by atoms with Crippen LogP contribution >= 0.6 is 0 Å². The molecule has 1 aromatic carbocycles. The van der Waals surface area contributed by atoms with E-state index in [-0.39, 0.29) is 11.8 Å². The van der Waals surface area contributed by atoms with Gasteiger partial charge in [-0.05, 0) is 24.1 Å². The predicted octanol–water partition coefficient (Wildman–Crippen LogP) is 2.29. The molecule has 3 rings (SSSR count). The normalized spacial score (nSPS) is 22.1. The van der Waals surface area contributed by atoms with Gasteiger partial charge in [0, 0.05) is 19.6 Å². The Labute approximate surface area is 114 Å². The van der Waals surface area contributed by atoms with Crippen LogP contribution in [-0.2, 0) is 0 Å². The maximum absolute atomic E-state index is 12.1. The molecule has 1 unspecified atom stereocenters. The van der Waals surface area contributed by atoms with Crippen LogP contribution in [0.5, 0.6) is 5.75 Å². The molecular formula is C13H14F3N3O. The van der Waals surface area contributed by atoms with Crippen LogP contribution in [0.4, 0.5) is 13.2 Å². The highest BCUT2D eigenvalue weighted by atomic mass is 19.4. The molecule has 0 aromatic heterocycles. The van der Waals surface area contributed by atoms with Crippen molar-refractivity contribution >= 4 is 5.96 Å². The number of hydrogen-bond donors (Lipinski definition) is 1. The summed E-state index contributed by atoms with van der Waals surface area (Å²) in [6.45, 7) is 2.44. The second-order valence-corrected chi connectivity index (χ2v) is 4.75. The Bertz CT molecular complexity index is 513. The summed E-state index contributed by atoms with van der Waals surface area (Å²) in [5.41, 5.74) is 0.982. The van der Waals surface area contributed by atoms with Crippen molar-refractivity contribution in [1.29, 1.82) is 0 Å². The lowest BCUT2D eigenvalue weighted by molar-refractivity contribution is -0.274. The molecule has 2 heterocycles. The summed E-state index contributed by atoms with van der Waals surface area (Å²) in [5.74, 6) is 0.697. The second kappa shape index (κ2) is 4.88. The minimum atomic E-state index is -4.65. The summed E-state index contributed by atoms with van der Waals surface area (Å²) >= 11 is 0. The first kappa shape index (κ1) is 13.1. The molecule has 20 heavy (non-hydrogen) atoms. The van der Waals surface area contributed by atoms with Gasteiger partial charge in [-0.3, -0.25) is 4.99 Å². The third kappa shape index (κ3) is 2.66. The number of hydrogen-bond acceptors (Lipinski definition) is 4. The number of nitrogens with one attached hydrogen (secondary N) is 1. The van der Waals surface area contributed by atoms with Crippen molar-refractivity contribution in [3.8, 4) is 5.75 Å². The van der Waals surface area contributed by atoms with Crippen molar-refractivity contribution in [2.75, 3.05) is 19.6 Å². The molecule has 1 aromatic rings. The molecule has 0 amide bonds. The highest BCUT2D eigenvalue weighted by Crippen LogP contribution is 2.31. The van der Waals surface area contributed by atoms with Gasteiger partial charge in [-0.2, -0.15) is 0 Å². The van der Waals surface area contributed by atoms with E-state index in [1.165, 1.54) is 12.1 Å². The Hall–Kier alpha value is -1.92. The third-order valence-electron chi connectivity index (χ3n) is 3.45. The molecule has 2 aliphatic rings. The minimum absolute atomic E-state index is 0.164. The number of alkyl halides is 3. The quantitative estimate of drug-likeness (QED) is 0.906. The molecule has 4 nitrogen and oxygen atoms in total. The van der Waals surface area contributed by atoms with Gasteiger partial charge in [0.25, 0.3) is 0 Å². The number of nitrogens with zero attached hydrogens (tertiary/aromatic N) is 2. The number of ether oxygens (including phenoxy) is 1. The lowest BCUT2D eigenvalue weighted by Crippen LogP contribution is -2.37. The SMILES string of the molecule is FC(F)(F)Oc1ccc(C2CCN=C3NCCN32)cc1. The van der Waals surface area contributed by atoms with Gasteiger partial charge in [0.1, 0.15) is 5.75 Å². The highest BCUT2D eigenvalue weighted by Gasteiger charge is 2.32. The fourth-order valence-corrected chi connectivity index (χ4v) is 2.63. The Morgan fingerprint density at radius 1 is 1.25 bits per heavy atom. The maximum Gasteiger partial charge on any atom is 0.573 e. The van der Waals surface area contributed by atoms with Crippen LogP contribution in [0.15, 0.2) is 29.3 Å². The Morgan fingerprint density at radius 3 is 2.70 bits per heavy atom. The minimum Gasteiger partial charge on any atom is -0.406 e. The number of rotatable bonds is 2. The molecule has 108 valence electrons. The Kier molecular flexibility index (Phi) is 3.19. The molecule has 0 spiro atoms. The lowest BCUT2D eigenvalue weighted by atomic mass is 10.0. The summed E-state index contributed by atoms with van der Waals surface area (Å²) < 4.78 is 40.2. The molecule has 0 aliphatic carbocycles. The first-order valence-electron chi connectivity index (χ1n) is 6.43. The van der Waals surface area contributed by atoms with Gasteiger partial charge < -0.3 is 15.0 Å². The number of halogens is 3. The molecule has 0 bridgehead atoms. The van der Waals surface area contributed by atoms with Crippen LogP contribution in [0.2, 0.25) is 0 Å².